The molecule has 2 saturated carbocycles. The Balaban J connectivity index is 1.43. The summed E-state index contributed by atoms with van der Waals surface area (Å²) in [6, 6.07) is 13.6. The van der Waals surface area contributed by atoms with Crippen LogP contribution in [-0.2, 0) is 0 Å². The molecule has 0 saturated heterocycles. The van der Waals surface area contributed by atoms with Gasteiger partial charge >= 0.3 is 0 Å². The molecule has 0 heterocycles. The number of halogens is 1. The summed E-state index contributed by atoms with van der Waals surface area (Å²) in [5.74, 6) is 3.41. The molecule has 0 radical (unpaired) electrons. The minimum atomic E-state index is -0.251. The minimum Gasteiger partial charge on any atom is -0.489 e. The van der Waals surface area contributed by atoms with Crippen molar-refractivity contribution in [3.8, 4) is 16.9 Å². The van der Waals surface area contributed by atoms with Gasteiger partial charge in [0.1, 0.15) is 18.2 Å². The highest BCUT2D eigenvalue weighted by Gasteiger charge is 2.35. The van der Waals surface area contributed by atoms with E-state index in [4.69, 9.17) is 4.74 Å². The zero-order valence-electron chi connectivity index (χ0n) is 17.2. The van der Waals surface area contributed by atoms with Crippen LogP contribution in [0.4, 0.5) is 4.39 Å². The van der Waals surface area contributed by atoms with Crippen molar-refractivity contribution in [1.29, 1.82) is 0 Å². The van der Waals surface area contributed by atoms with Crippen LogP contribution in [0.5, 0.6) is 5.75 Å². The van der Waals surface area contributed by atoms with E-state index in [9.17, 15) is 4.39 Å². The van der Waals surface area contributed by atoms with E-state index in [2.05, 4.69) is 43.5 Å². The van der Waals surface area contributed by atoms with Crippen LogP contribution < -0.4 is 4.74 Å². The van der Waals surface area contributed by atoms with Crippen molar-refractivity contribution in [2.75, 3.05) is 6.61 Å². The lowest BCUT2D eigenvalue weighted by atomic mass is 9.64. The number of hydrogen-bond acceptors (Lipinski definition) is 1. The lowest BCUT2D eigenvalue weighted by molar-refractivity contribution is 0.133. The average Bonchev–Trinajstić information content (AvgIpc) is 2.77. The summed E-state index contributed by atoms with van der Waals surface area (Å²) in [4.78, 5) is 0. The van der Waals surface area contributed by atoms with Crippen molar-refractivity contribution >= 4 is 0 Å². The molecule has 4 unspecified atom stereocenters. The molecular weight excluding hydrogens is 359 g/mol. The molecule has 2 aliphatic rings. The van der Waals surface area contributed by atoms with Gasteiger partial charge in [-0.25, -0.2) is 4.39 Å². The maximum atomic E-state index is 14.6. The molecule has 0 aliphatic heterocycles. The molecular formula is C27H31FO. The van der Waals surface area contributed by atoms with Gasteiger partial charge in [0, 0.05) is 11.6 Å². The lowest BCUT2D eigenvalue weighted by Gasteiger charge is -2.41. The minimum absolute atomic E-state index is 0.251. The monoisotopic (exact) mass is 390 g/mol. The molecule has 2 aliphatic carbocycles. The average molecular weight is 391 g/mol. The van der Waals surface area contributed by atoms with Gasteiger partial charge in [-0.1, -0.05) is 43.0 Å². The Morgan fingerprint density at radius 2 is 1.69 bits per heavy atom. The summed E-state index contributed by atoms with van der Waals surface area (Å²) >= 11 is 0. The maximum Gasteiger partial charge on any atom is 0.134 e. The molecule has 2 heteroatoms. The van der Waals surface area contributed by atoms with Crippen LogP contribution in [0.1, 0.15) is 50.0 Å². The molecule has 0 spiro atoms. The van der Waals surface area contributed by atoms with Gasteiger partial charge in [0.2, 0.25) is 0 Å². The summed E-state index contributed by atoms with van der Waals surface area (Å²) in [6.45, 7) is 8.00. The molecule has 4 atom stereocenters. The van der Waals surface area contributed by atoms with Crippen molar-refractivity contribution in [3.05, 3.63) is 79.2 Å². The number of ether oxygens (including phenoxy) is 1. The normalized spacial score (nSPS) is 26.4. The van der Waals surface area contributed by atoms with E-state index >= 15 is 0 Å². The smallest absolute Gasteiger partial charge is 0.134 e. The van der Waals surface area contributed by atoms with E-state index in [1.807, 2.05) is 6.07 Å². The first-order chi connectivity index (χ1) is 14.2. The fourth-order valence-electron chi connectivity index (χ4n) is 5.35. The number of allylic oxidation sites excluding steroid dienone is 1. The van der Waals surface area contributed by atoms with Crippen molar-refractivity contribution in [2.24, 2.45) is 17.8 Å². The Kier molecular flexibility index (Phi) is 6.18. The Morgan fingerprint density at radius 1 is 0.931 bits per heavy atom. The van der Waals surface area contributed by atoms with Gasteiger partial charge in [-0.3, -0.25) is 0 Å². The summed E-state index contributed by atoms with van der Waals surface area (Å²) < 4.78 is 20.0. The molecule has 0 aromatic heterocycles. The lowest BCUT2D eigenvalue weighted by Crippen LogP contribution is -2.29. The fourth-order valence-corrected chi connectivity index (χ4v) is 5.35. The number of rotatable bonds is 6. The van der Waals surface area contributed by atoms with Crippen molar-refractivity contribution in [1.82, 2.24) is 0 Å². The Labute approximate surface area is 174 Å². The van der Waals surface area contributed by atoms with Gasteiger partial charge in [0.15, 0.2) is 0 Å². The van der Waals surface area contributed by atoms with Crippen LogP contribution in [0.15, 0.2) is 67.8 Å². The maximum absolute atomic E-state index is 14.6. The van der Waals surface area contributed by atoms with Crippen LogP contribution >= 0.6 is 0 Å². The van der Waals surface area contributed by atoms with Gasteiger partial charge in [-0.05, 0) is 85.5 Å². The van der Waals surface area contributed by atoms with Gasteiger partial charge in [0.25, 0.3) is 0 Å². The van der Waals surface area contributed by atoms with Crippen molar-refractivity contribution < 1.29 is 9.13 Å². The molecule has 152 valence electrons. The van der Waals surface area contributed by atoms with Gasteiger partial charge in [-0.2, -0.15) is 0 Å². The fraction of sp³-hybridized carbons (Fsp3) is 0.407. The third-order valence-electron chi connectivity index (χ3n) is 6.99. The third-order valence-corrected chi connectivity index (χ3v) is 6.99. The standard InChI is InChI=1S/C27H31FO/c1-3-15-29-25-13-14-26(27(28)18-25)21-9-7-20(8-10-21)23-12-11-22-16-19(4-2)5-6-24(22)17-23/h3-4,7-10,13-14,18-19,22-24H,1-2,5-6,11-12,15-17H2. The topological polar surface area (TPSA) is 9.23 Å². The molecule has 0 bridgehead atoms. The number of benzene rings is 2. The molecule has 0 amide bonds. The van der Waals surface area contributed by atoms with E-state index in [0.29, 0.717) is 23.8 Å². The first-order valence-electron chi connectivity index (χ1n) is 10.9. The highest BCUT2D eigenvalue weighted by atomic mass is 19.1. The quantitative estimate of drug-likeness (QED) is 0.463. The SMILES string of the molecule is C=CCOc1ccc(-c2ccc(C3CCC4CC(C=C)CCC4C3)cc2)c(F)c1. The van der Waals surface area contributed by atoms with Crippen molar-refractivity contribution in [3.63, 3.8) is 0 Å². The molecule has 0 N–H and O–H groups in total. The second kappa shape index (κ2) is 8.98. The summed E-state index contributed by atoms with van der Waals surface area (Å²) in [5, 5.41) is 0. The summed E-state index contributed by atoms with van der Waals surface area (Å²) in [7, 11) is 0. The van der Waals surface area contributed by atoms with E-state index in [-0.39, 0.29) is 5.82 Å². The first kappa shape index (κ1) is 19.9. The van der Waals surface area contributed by atoms with Crippen LogP contribution in [-0.4, -0.2) is 6.61 Å². The summed E-state index contributed by atoms with van der Waals surface area (Å²) in [5.41, 5.74) is 2.94. The second-order valence-corrected chi connectivity index (χ2v) is 8.70. The Hall–Kier alpha value is -2.35. The highest BCUT2D eigenvalue weighted by Crippen LogP contribution is 2.47. The molecule has 2 fully saturated rings. The first-order valence-corrected chi connectivity index (χ1v) is 10.9. The van der Waals surface area contributed by atoms with E-state index in [1.165, 1.54) is 50.2 Å². The predicted octanol–water partition coefficient (Wildman–Crippen LogP) is 7.54. The van der Waals surface area contributed by atoms with Gasteiger partial charge in [0.05, 0.1) is 0 Å². The molecule has 4 rings (SSSR count). The van der Waals surface area contributed by atoms with Crippen LogP contribution in [0.25, 0.3) is 11.1 Å². The number of hydrogen-bond donors (Lipinski definition) is 0. The molecule has 1 nitrogen and oxygen atoms in total. The van der Waals surface area contributed by atoms with E-state index in [0.717, 1.165) is 23.3 Å². The highest BCUT2D eigenvalue weighted by molar-refractivity contribution is 5.65. The summed E-state index contributed by atoms with van der Waals surface area (Å²) in [6.07, 6.45) is 11.7. The zero-order chi connectivity index (χ0) is 20.2. The van der Waals surface area contributed by atoms with E-state index < -0.39 is 0 Å². The van der Waals surface area contributed by atoms with E-state index in [1.54, 1.807) is 12.1 Å². The van der Waals surface area contributed by atoms with Crippen LogP contribution in [0.2, 0.25) is 0 Å². The van der Waals surface area contributed by atoms with Crippen molar-refractivity contribution in [2.45, 2.75) is 44.4 Å². The number of fused-ring (bicyclic) bond motifs is 1. The van der Waals surface area contributed by atoms with Crippen LogP contribution in [0, 0.1) is 23.6 Å². The zero-order valence-corrected chi connectivity index (χ0v) is 17.2. The van der Waals surface area contributed by atoms with Gasteiger partial charge < -0.3 is 4.74 Å². The van der Waals surface area contributed by atoms with Crippen LogP contribution in [0.3, 0.4) is 0 Å². The molecule has 29 heavy (non-hydrogen) atoms. The largest absolute Gasteiger partial charge is 0.489 e. The van der Waals surface area contributed by atoms with Gasteiger partial charge in [-0.15, -0.1) is 6.58 Å². The molecule has 2 aromatic rings. The third kappa shape index (κ3) is 4.47. The molecule has 2 aromatic carbocycles. The second-order valence-electron chi connectivity index (χ2n) is 8.70. The predicted molar refractivity (Wildman–Crippen MR) is 119 cm³/mol. The Bertz CT molecular complexity index is 853. The Morgan fingerprint density at radius 3 is 2.41 bits per heavy atom.